The Kier molecular flexibility index (Phi) is 11.0. The molecule has 0 aliphatic heterocycles. The largest absolute Gasteiger partial charge is 0.480 e. The van der Waals surface area contributed by atoms with Crippen molar-refractivity contribution in [3.63, 3.8) is 0 Å². The van der Waals surface area contributed by atoms with E-state index in [1.54, 1.807) is 26.1 Å². The molecule has 0 radical (unpaired) electrons. The van der Waals surface area contributed by atoms with Gasteiger partial charge in [-0.1, -0.05) is 51.5 Å². The first-order valence-electron chi connectivity index (χ1n) is 19.2. The highest BCUT2D eigenvalue weighted by molar-refractivity contribution is 5.93. The van der Waals surface area contributed by atoms with Crippen molar-refractivity contribution in [1.82, 2.24) is 15.6 Å². The summed E-state index contributed by atoms with van der Waals surface area (Å²) < 4.78 is 5.27. The molecule has 1 aromatic heterocycles. The van der Waals surface area contributed by atoms with Crippen molar-refractivity contribution in [2.24, 2.45) is 34.5 Å². The number of aliphatic carboxylic acids is 1. The topological polar surface area (TPSA) is 212 Å². The predicted octanol–water partition coefficient (Wildman–Crippen LogP) is 3.55. The number of ketones is 2. The Hall–Kier alpha value is -4.36. The fraction of sp³-hybridized carbons (Fsp3) is 0.610. The van der Waals surface area contributed by atoms with Gasteiger partial charge in [-0.2, -0.15) is 0 Å². The number of aromatic amines is 1. The van der Waals surface area contributed by atoms with Crippen molar-refractivity contribution in [3.8, 4) is 0 Å². The highest BCUT2D eigenvalue weighted by Crippen LogP contribution is 2.67. The Bertz CT molecular complexity index is 1870. The van der Waals surface area contributed by atoms with Crippen molar-refractivity contribution in [3.05, 3.63) is 47.7 Å². The normalized spacial score (nSPS) is 31.4. The van der Waals surface area contributed by atoms with Gasteiger partial charge in [0.2, 0.25) is 17.6 Å². The minimum Gasteiger partial charge on any atom is -0.480 e. The van der Waals surface area contributed by atoms with E-state index in [0.717, 1.165) is 29.3 Å². The van der Waals surface area contributed by atoms with Gasteiger partial charge in [-0.15, -0.1) is 0 Å². The molecule has 6 N–H and O–H groups in total. The maximum Gasteiger partial charge on any atom is 0.326 e. The van der Waals surface area contributed by atoms with Crippen LogP contribution in [0, 0.1) is 34.5 Å². The quantitative estimate of drug-likeness (QED) is 0.164. The van der Waals surface area contributed by atoms with Gasteiger partial charge in [0.15, 0.2) is 12.4 Å². The number of aromatic nitrogens is 1. The molecule has 292 valence electrons. The van der Waals surface area contributed by atoms with E-state index in [0.29, 0.717) is 24.8 Å². The van der Waals surface area contributed by atoms with Crippen molar-refractivity contribution in [2.75, 3.05) is 6.61 Å². The molecule has 1 heterocycles. The molecule has 3 fully saturated rings. The number of esters is 1. The van der Waals surface area contributed by atoms with E-state index in [-0.39, 0.29) is 61.1 Å². The summed E-state index contributed by atoms with van der Waals surface area (Å²) in [4.78, 5) is 79.9. The summed E-state index contributed by atoms with van der Waals surface area (Å²) in [6, 6.07) is 5.07. The number of nitrogens with one attached hydrogen (secondary N) is 3. The third kappa shape index (κ3) is 7.12. The second-order valence-electron chi connectivity index (χ2n) is 16.8. The number of amides is 2. The molecule has 0 spiro atoms. The van der Waals surface area contributed by atoms with Crippen LogP contribution in [-0.2, 0) is 39.9 Å². The summed E-state index contributed by atoms with van der Waals surface area (Å²) in [5, 5.41) is 39.4. The number of carbonyl (C=O) groups excluding carboxylic acids is 5. The number of hydrogen-bond donors (Lipinski definition) is 6. The number of carbonyl (C=O) groups is 6. The number of H-pyrrole nitrogens is 1. The lowest BCUT2D eigenvalue weighted by Gasteiger charge is -2.60. The van der Waals surface area contributed by atoms with Gasteiger partial charge < -0.3 is 35.7 Å². The zero-order chi connectivity index (χ0) is 39.2. The smallest absolute Gasteiger partial charge is 0.326 e. The van der Waals surface area contributed by atoms with E-state index in [2.05, 4.69) is 22.5 Å². The molecule has 3 saturated carbocycles. The van der Waals surface area contributed by atoms with Crippen molar-refractivity contribution in [2.45, 2.75) is 116 Å². The average Bonchev–Trinajstić information content (AvgIpc) is 3.65. The predicted molar refractivity (Wildman–Crippen MR) is 197 cm³/mol. The molecule has 2 amide bonds. The van der Waals surface area contributed by atoms with E-state index in [1.165, 1.54) is 0 Å². The second-order valence-corrected chi connectivity index (χ2v) is 16.8. The molecule has 6 rings (SSSR count). The zero-order valence-electron chi connectivity index (χ0n) is 31.5. The van der Waals surface area contributed by atoms with Crippen molar-refractivity contribution < 1.29 is 48.8 Å². The van der Waals surface area contributed by atoms with Crippen LogP contribution in [0.4, 0.5) is 0 Å². The maximum absolute atomic E-state index is 13.6. The van der Waals surface area contributed by atoms with Gasteiger partial charge in [-0.25, -0.2) is 4.79 Å². The van der Waals surface area contributed by atoms with Gasteiger partial charge >= 0.3 is 11.9 Å². The Morgan fingerprint density at radius 3 is 2.48 bits per heavy atom. The lowest BCUT2D eigenvalue weighted by atomic mass is 9.45. The molecular formula is C41H53N3O10. The van der Waals surface area contributed by atoms with Crippen LogP contribution in [0.3, 0.4) is 0 Å². The van der Waals surface area contributed by atoms with Crippen LogP contribution in [0.5, 0.6) is 0 Å². The standard InChI is InChI=1S/C41H53N3O10/c1-22(2)36(37(50)43-30(38(51)52)17-23-20-42-29-8-6-5-7-26(23)29)44-33(48)11-12-34(49)54-21-32(47)41(53)16-14-28-27-10-9-24-18-25(45)13-15-39(24,3)35(27)31(46)19-40(28,41)4/h5-8,18,20,22,27-28,30-31,35-36,42,46,53H,9-17,19,21H2,1-4H3,(H,43,50)(H,44,48)(H,51,52)/t27-,28-,30+,31+,35+,36+,39-,40-,41-/m0/s1. The van der Waals surface area contributed by atoms with Crippen molar-refractivity contribution in [1.29, 1.82) is 0 Å². The first kappa shape index (κ1) is 39.3. The molecule has 2 aromatic rings. The van der Waals surface area contributed by atoms with Crippen LogP contribution in [0.25, 0.3) is 10.9 Å². The number of Topliss-reactive ketones (excluding diaryl/α,β-unsaturated/α-hetero) is 1. The molecule has 54 heavy (non-hydrogen) atoms. The lowest BCUT2D eigenvalue weighted by molar-refractivity contribution is -0.184. The maximum atomic E-state index is 13.6. The fourth-order valence-electron chi connectivity index (χ4n) is 10.5. The number of carboxylic acids is 1. The molecule has 4 aliphatic carbocycles. The number of ether oxygens (including phenoxy) is 1. The van der Waals surface area contributed by atoms with E-state index in [1.807, 2.05) is 31.2 Å². The summed E-state index contributed by atoms with van der Waals surface area (Å²) in [6.45, 7) is 6.71. The highest BCUT2D eigenvalue weighted by atomic mass is 16.5. The summed E-state index contributed by atoms with van der Waals surface area (Å²) in [5.74, 6) is -4.32. The van der Waals surface area contributed by atoms with Gasteiger partial charge in [0.05, 0.1) is 12.5 Å². The Morgan fingerprint density at radius 1 is 1.02 bits per heavy atom. The van der Waals surface area contributed by atoms with Gasteiger partial charge in [0, 0.05) is 41.8 Å². The summed E-state index contributed by atoms with van der Waals surface area (Å²) >= 11 is 0. The minimum absolute atomic E-state index is 0.0199. The first-order chi connectivity index (χ1) is 25.5. The fourth-order valence-corrected chi connectivity index (χ4v) is 10.5. The van der Waals surface area contributed by atoms with Gasteiger partial charge in [-0.05, 0) is 85.3 Å². The number of para-hydroxylation sites is 1. The molecule has 0 saturated heterocycles. The second kappa shape index (κ2) is 15.1. The Morgan fingerprint density at radius 2 is 1.76 bits per heavy atom. The number of allylic oxidation sites excluding steroid dienone is 1. The van der Waals surface area contributed by atoms with E-state index >= 15 is 0 Å². The first-order valence-corrected chi connectivity index (χ1v) is 19.2. The van der Waals surface area contributed by atoms with E-state index < -0.39 is 71.3 Å². The molecule has 9 atom stereocenters. The summed E-state index contributed by atoms with van der Waals surface area (Å²) in [6.07, 6.45) is 5.61. The molecule has 13 nitrogen and oxygen atoms in total. The number of benzene rings is 1. The van der Waals surface area contributed by atoms with Crippen LogP contribution in [0.1, 0.15) is 91.0 Å². The molecule has 1 aromatic carbocycles. The van der Waals surface area contributed by atoms with Gasteiger partial charge in [0.1, 0.15) is 17.7 Å². The average molecular weight is 748 g/mol. The number of carboxylic acid groups (broad SMARTS) is 1. The molecule has 4 aliphatic rings. The monoisotopic (exact) mass is 747 g/mol. The third-order valence-electron chi connectivity index (χ3n) is 13.4. The zero-order valence-corrected chi connectivity index (χ0v) is 31.5. The number of fused-ring (bicyclic) bond motifs is 6. The molecular weight excluding hydrogens is 694 g/mol. The van der Waals surface area contributed by atoms with E-state index in [4.69, 9.17) is 4.74 Å². The number of rotatable bonds is 13. The van der Waals surface area contributed by atoms with Crippen LogP contribution in [0.2, 0.25) is 0 Å². The highest BCUT2D eigenvalue weighted by Gasteiger charge is 2.68. The lowest BCUT2D eigenvalue weighted by Crippen LogP contribution is -2.62. The van der Waals surface area contributed by atoms with Crippen LogP contribution >= 0.6 is 0 Å². The summed E-state index contributed by atoms with van der Waals surface area (Å²) in [5.41, 5.74) is -0.389. The molecule has 13 heteroatoms. The van der Waals surface area contributed by atoms with Crippen LogP contribution in [0.15, 0.2) is 42.1 Å². The Balaban J connectivity index is 1.01. The number of aliphatic hydroxyl groups excluding tert-OH is 1. The number of aliphatic hydroxyl groups is 2. The molecule has 0 unspecified atom stereocenters. The van der Waals surface area contributed by atoms with Crippen LogP contribution < -0.4 is 10.6 Å². The minimum atomic E-state index is -1.80. The van der Waals surface area contributed by atoms with Gasteiger partial charge in [-0.3, -0.25) is 24.0 Å². The van der Waals surface area contributed by atoms with Crippen LogP contribution in [-0.4, -0.2) is 86.0 Å². The van der Waals surface area contributed by atoms with Crippen molar-refractivity contribution >= 4 is 46.2 Å². The number of hydrogen-bond acceptors (Lipinski definition) is 9. The summed E-state index contributed by atoms with van der Waals surface area (Å²) in [7, 11) is 0. The van der Waals surface area contributed by atoms with Gasteiger partial charge in [0.25, 0.3) is 0 Å². The molecule has 0 bridgehead atoms. The van der Waals surface area contributed by atoms with E-state index in [9.17, 15) is 44.1 Å². The third-order valence-corrected chi connectivity index (χ3v) is 13.4. The SMILES string of the molecule is CC(C)[C@@H](NC(=O)CCC(=O)OCC(=O)[C@@]1(O)CC[C@H]2[C@@H]3CCC4=CC(=O)CC[C@]4(C)[C@H]3[C@H](O)C[C@@]21C)C(=O)N[C@H](Cc1c[nH]c2ccccc12)C(=O)O. The Labute approximate surface area is 314 Å².